The van der Waals surface area contributed by atoms with Crippen LogP contribution in [0, 0.1) is 5.82 Å². The normalized spacial score (nSPS) is 11.9. The number of hydrogen-bond acceptors (Lipinski definition) is 3. The van der Waals surface area contributed by atoms with Crippen LogP contribution in [-0.4, -0.2) is 10.9 Å². The standard InChI is InChI=1S/C21H21FN2OS/c1-2-6-19(15-7-4-3-5-8-15)24-20(25)13-18-14-26-21(23-18)16-9-11-17(22)12-10-16/h3-5,7-12,14,19H,2,6,13H2,1H3,(H,24,25). The van der Waals surface area contributed by atoms with E-state index in [9.17, 15) is 9.18 Å². The van der Waals surface area contributed by atoms with Gasteiger partial charge in [-0.25, -0.2) is 9.37 Å². The molecular formula is C21H21FN2OS. The molecule has 0 bridgehead atoms. The number of amides is 1. The van der Waals surface area contributed by atoms with Gasteiger partial charge in [-0.15, -0.1) is 11.3 Å². The van der Waals surface area contributed by atoms with Crippen molar-refractivity contribution in [3.8, 4) is 10.6 Å². The van der Waals surface area contributed by atoms with Gasteiger partial charge in [0.05, 0.1) is 18.2 Å². The molecule has 0 fully saturated rings. The summed E-state index contributed by atoms with van der Waals surface area (Å²) in [5.41, 5.74) is 2.71. The summed E-state index contributed by atoms with van der Waals surface area (Å²) in [6, 6.07) is 16.3. The highest BCUT2D eigenvalue weighted by atomic mass is 32.1. The van der Waals surface area contributed by atoms with Gasteiger partial charge in [0.2, 0.25) is 5.91 Å². The van der Waals surface area contributed by atoms with Crippen LogP contribution in [0.5, 0.6) is 0 Å². The summed E-state index contributed by atoms with van der Waals surface area (Å²) in [6.07, 6.45) is 2.13. The molecule has 0 aliphatic rings. The third-order valence-corrected chi connectivity index (χ3v) is 5.04. The Hall–Kier alpha value is -2.53. The number of aromatic nitrogens is 1. The molecule has 1 N–H and O–H groups in total. The molecule has 1 amide bonds. The van der Waals surface area contributed by atoms with E-state index >= 15 is 0 Å². The Bertz CT molecular complexity index is 846. The van der Waals surface area contributed by atoms with Gasteiger partial charge < -0.3 is 5.32 Å². The number of nitrogens with zero attached hydrogens (tertiary/aromatic N) is 1. The summed E-state index contributed by atoms with van der Waals surface area (Å²) in [4.78, 5) is 17.0. The molecule has 3 nitrogen and oxygen atoms in total. The van der Waals surface area contributed by atoms with Crippen LogP contribution in [0.1, 0.15) is 37.1 Å². The monoisotopic (exact) mass is 368 g/mol. The van der Waals surface area contributed by atoms with E-state index in [1.165, 1.54) is 23.5 Å². The number of carbonyl (C=O) groups excluding carboxylic acids is 1. The fourth-order valence-electron chi connectivity index (χ4n) is 2.82. The summed E-state index contributed by atoms with van der Waals surface area (Å²) in [5.74, 6) is -0.309. The maximum atomic E-state index is 13.0. The van der Waals surface area contributed by atoms with Crippen molar-refractivity contribution in [2.24, 2.45) is 0 Å². The number of nitrogens with one attached hydrogen (secondary N) is 1. The highest BCUT2D eigenvalue weighted by molar-refractivity contribution is 7.13. The molecule has 1 heterocycles. The zero-order valence-corrected chi connectivity index (χ0v) is 15.4. The van der Waals surface area contributed by atoms with E-state index in [0.29, 0.717) is 0 Å². The van der Waals surface area contributed by atoms with Gasteiger partial charge in [-0.2, -0.15) is 0 Å². The van der Waals surface area contributed by atoms with E-state index in [4.69, 9.17) is 0 Å². The van der Waals surface area contributed by atoms with Crippen molar-refractivity contribution in [3.05, 3.63) is 77.1 Å². The van der Waals surface area contributed by atoms with Gasteiger partial charge in [-0.3, -0.25) is 4.79 Å². The van der Waals surface area contributed by atoms with Crippen molar-refractivity contribution in [1.29, 1.82) is 0 Å². The smallest absolute Gasteiger partial charge is 0.226 e. The number of hydrogen-bond donors (Lipinski definition) is 1. The minimum absolute atomic E-state index is 0.0175. The third-order valence-electron chi connectivity index (χ3n) is 4.10. The topological polar surface area (TPSA) is 42.0 Å². The number of benzene rings is 2. The van der Waals surface area contributed by atoms with Crippen molar-refractivity contribution in [3.63, 3.8) is 0 Å². The number of rotatable bonds is 7. The van der Waals surface area contributed by atoms with Crippen LogP contribution in [0.4, 0.5) is 4.39 Å². The van der Waals surface area contributed by atoms with E-state index < -0.39 is 0 Å². The van der Waals surface area contributed by atoms with Crippen molar-refractivity contribution >= 4 is 17.2 Å². The second-order valence-electron chi connectivity index (χ2n) is 6.15. The fraction of sp³-hybridized carbons (Fsp3) is 0.238. The molecule has 1 aromatic heterocycles. The lowest BCUT2D eigenvalue weighted by atomic mass is 10.0. The molecule has 0 aliphatic carbocycles. The van der Waals surface area contributed by atoms with Crippen LogP contribution < -0.4 is 5.32 Å². The van der Waals surface area contributed by atoms with Crippen LogP contribution in [-0.2, 0) is 11.2 Å². The second-order valence-corrected chi connectivity index (χ2v) is 7.01. The molecule has 3 rings (SSSR count). The first-order valence-electron chi connectivity index (χ1n) is 8.70. The molecule has 0 spiro atoms. The summed E-state index contributed by atoms with van der Waals surface area (Å²) in [7, 11) is 0. The van der Waals surface area contributed by atoms with Crippen LogP contribution >= 0.6 is 11.3 Å². The maximum absolute atomic E-state index is 13.0. The van der Waals surface area contributed by atoms with Crippen LogP contribution in [0.3, 0.4) is 0 Å². The van der Waals surface area contributed by atoms with E-state index in [1.807, 2.05) is 35.7 Å². The Balaban J connectivity index is 1.65. The summed E-state index contributed by atoms with van der Waals surface area (Å²) in [5, 5.41) is 5.79. The van der Waals surface area contributed by atoms with Gasteiger partial charge in [-0.05, 0) is 36.2 Å². The van der Waals surface area contributed by atoms with Crippen molar-refractivity contribution < 1.29 is 9.18 Å². The molecule has 2 aromatic carbocycles. The second kappa shape index (κ2) is 8.72. The summed E-state index contributed by atoms with van der Waals surface area (Å²) >= 11 is 1.46. The predicted octanol–water partition coefficient (Wildman–Crippen LogP) is 5.15. The first-order chi connectivity index (χ1) is 12.7. The molecule has 1 atom stereocenters. The average Bonchev–Trinajstić information content (AvgIpc) is 3.11. The molecule has 134 valence electrons. The lowest BCUT2D eigenvalue weighted by molar-refractivity contribution is -0.121. The highest BCUT2D eigenvalue weighted by Gasteiger charge is 2.15. The van der Waals surface area contributed by atoms with Gasteiger partial charge >= 0.3 is 0 Å². The van der Waals surface area contributed by atoms with Crippen molar-refractivity contribution in [2.75, 3.05) is 0 Å². The van der Waals surface area contributed by atoms with Crippen LogP contribution in [0.2, 0.25) is 0 Å². The molecule has 3 aromatic rings. The van der Waals surface area contributed by atoms with Gasteiger partial charge in [-0.1, -0.05) is 43.7 Å². The van der Waals surface area contributed by atoms with Gasteiger partial charge in [0.15, 0.2) is 0 Å². The first-order valence-corrected chi connectivity index (χ1v) is 9.58. The summed E-state index contributed by atoms with van der Waals surface area (Å²) < 4.78 is 13.0. The highest BCUT2D eigenvalue weighted by Crippen LogP contribution is 2.24. The van der Waals surface area contributed by atoms with Gasteiger partial charge in [0.1, 0.15) is 10.8 Å². The Labute approximate surface area is 156 Å². The minimum Gasteiger partial charge on any atom is -0.349 e. The molecule has 26 heavy (non-hydrogen) atoms. The Morgan fingerprint density at radius 1 is 1.15 bits per heavy atom. The SMILES string of the molecule is CCCC(NC(=O)Cc1csc(-c2ccc(F)cc2)n1)c1ccccc1. The zero-order valence-electron chi connectivity index (χ0n) is 14.6. The van der Waals surface area contributed by atoms with Gasteiger partial charge in [0, 0.05) is 10.9 Å². The van der Waals surface area contributed by atoms with Crippen molar-refractivity contribution in [1.82, 2.24) is 10.3 Å². The van der Waals surface area contributed by atoms with Crippen molar-refractivity contribution in [2.45, 2.75) is 32.2 Å². The van der Waals surface area contributed by atoms with Crippen LogP contribution in [0.25, 0.3) is 10.6 Å². The number of halogens is 1. The Kier molecular flexibility index (Phi) is 6.12. The first kappa shape index (κ1) is 18.3. The zero-order chi connectivity index (χ0) is 18.4. The quantitative estimate of drug-likeness (QED) is 0.627. The third kappa shape index (κ3) is 4.76. The Morgan fingerprint density at radius 3 is 2.58 bits per heavy atom. The number of thiazole rings is 1. The van der Waals surface area contributed by atoms with Crippen LogP contribution in [0.15, 0.2) is 60.0 Å². The molecule has 1 unspecified atom stereocenters. The molecular weight excluding hydrogens is 347 g/mol. The molecule has 0 saturated carbocycles. The molecule has 0 aliphatic heterocycles. The fourth-order valence-corrected chi connectivity index (χ4v) is 3.65. The largest absolute Gasteiger partial charge is 0.349 e. The molecule has 0 saturated heterocycles. The minimum atomic E-state index is -0.271. The van der Waals surface area contributed by atoms with E-state index in [0.717, 1.165) is 34.7 Å². The molecule has 0 radical (unpaired) electrons. The molecule has 5 heteroatoms. The lowest BCUT2D eigenvalue weighted by Crippen LogP contribution is -2.29. The van der Waals surface area contributed by atoms with E-state index in [1.54, 1.807) is 12.1 Å². The predicted molar refractivity (Wildman–Crippen MR) is 103 cm³/mol. The van der Waals surface area contributed by atoms with Gasteiger partial charge in [0.25, 0.3) is 0 Å². The maximum Gasteiger partial charge on any atom is 0.226 e. The number of carbonyl (C=O) groups is 1. The van der Waals surface area contributed by atoms with E-state index in [-0.39, 0.29) is 24.2 Å². The Morgan fingerprint density at radius 2 is 1.88 bits per heavy atom. The van der Waals surface area contributed by atoms with E-state index in [2.05, 4.69) is 17.2 Å². The lowest BCUT2D eigenvalue weighted by Gasteiger charge is -2.18. The average molecular weight is 368 g/mol. The summed E-state index contributed by atoms with van der Waals surface area (Å²) in [6.45, 7) is 2.11.